The monoisotopic (exact) mass is 368 g/mol. The summed E-state index contributed by atoms with van der Waals surface area (Å²) in [6.07, 6.45) is 4.09. The SMILES string of the molecule is Cc1cccc(OCCCC(=O)Nc2sc3c(c2C#N)CC[C@H](C)C3)c1. The van der Waals surface area contributed by atoms with E-state index in [-0.39, 0.29) is 5.91 Å². The van der Waals surface area contributed by atoms with E-state index in [0.717, 1.165) is 41.1 Å². The number of hydrogen-bond donors (Lipinski definition) is 1. The maximum absolute atomic E-state index is 12.3. The Kier molecular flexibility index (Phi) is 5.95. The number of thiophene rings is 1. The third-order valence-electron chi connectivity index (χ3n) is 4.68. The number of hydrogen-bond acceptors (Lipinski definition) is 4. The van der Waals surface area contributed by atoms with Gasteiger partial charge < -0.3 is 10.1 Å². The number of nitriles is 1. The molecule has 1 heterocycles. The highest BCUT2D eigenvalue weighted by Crippen LogP contribution is 2.39. The Morgan fingerprint density at radius 3 is 3.08 bits per heavy atom. The van der Waals surface area contributed by atoms with Gasteiger partial charge in [0.25, 0.3) is 0 Å². The van der Waals surface area contributed by atoms with Crippen LogP contribution in [0.1, 0.15) is 47.8 Å². The van der Waals surface area contributed by atoms with Gasteiger partial charge in [0.05, 0.1) is 12.2 Å². The first kappa shape index (κ1) is 18.5. The summed E-state index contributed by atoms with van der Waals surface area (Å²) >= 11 is 1.57. The zero-order chi connectivity index (χ0) is 18.5. The number of ether oxygens (including phenoxy) is 1. The minimum atomic E-state index is -0.0546. The largest absolute Gasteiger partial charge is 0.494 e. The first-order valence-electron chi connectivity index (χ1n) is 9.10. The molecule has 1 atom stereocenters. The van der Waals surface area contributed by atoms with Gasteiger partial charge in [-0.3, -0.25) is 4.79 Å². The second-order valence-electron chi connectivity index (χ2n) is 6.98. The van der Waals surface area contributed by atoms with Gasteiger partial charge in [-0.25, -0.2) is 0 Å². The van der Waals surface area contributed by atoms with Gasteiger partial charge >= 0.3 is 0 Å². The van der Waals surface area contributed by atoms with Crippen LogP contribution in [0, 0.1) is 24.2 Å². The zero-order valence-corrected chi connectivity index (χ0v) is 16.1. The van der Waals surface area contributed by atoms with Crippen LogP contribution in [0.2, 0.25) is 0 Å². The molecule has 1 aliphatic rings. The van der Waals surface area contributed by atoms with Crippen LogP contribution < -0.4 is 10.1 Å². The van der Waals surface area contributed by atoms with Crippen LogP contribution in [0.15, 0.2) is 24.3 Å². The number of aryl methyl sites for hydroxylation is 1. The maximum Gasteiger partial charge on any atom is 0.225 e. The number of benzene rings is 1. The minimum Gasteiger partial charge on any atom is -0.494 e. The number of amides is 1. The molecule has 1 aliphatic carbocycles. The van der Waals surface area contributed by atoms with E-state index in [1.165, 1.54) is 4.88 Å². The van der Waals surface area contributed by atoms with Gasteiger partial charge in [0.15, 0.2) is 0 Å². The van der Waals surface area contributed by atoms with Gasteiger partial charge in [-0.1, -0.05) is 19.1 Å². The van der Waals surface area contributed by atoms with Crippen LogP contribution in [0.3, 0.4) is 0 Å². The summed E-state index contributed by atoms with van der Waals surface area (Å²) in [5, 5.41) is 13.2. The molecule has 0 bridgehead atoms. The minimum absolute atomic E-state index is 0.0546. The van der Waals surface area contributed by atoms with Gasteiger partial charge in [0.1, 0.15) is 16.8 Å². The number of nitrogens with one attached hydrogen (secondary N) is 1. The van der Waals surface area contributed by atoms with Gasteiger partial charge in [-0.05, 0) is 61.8 Å². The molecule has 136 valence electrons. The Bertz CT molecular complexity index is 835. The molecule has 1 amide bonds. The molecule has 0 radical (unpaired) electrons. The van der Waals surface area contributed by atoms with Crippen molar-refractivity contribution in [1.82, 2.24) is 0 Å². The molecule has 1 aromatic carbocycles. The average Bonchev–Trinajstić information content (AvgIpc) is 2.94. The molecule has 0 unspecified atom stereocenters. The molecule has 0 saturated heterocycles. The van der Waals surface area contributed by atoms with Crippen LogP contribution in [0.5, 0.6) is 5.75 Å². The lowest BCUT2D eigenvalue weighted by molar-refractivity contribution is -0.116. The highest BCUT2D eigenvalue weighted by atomic mass is 32.1. The summed E-state index contributed by atoms with van der Waals surface area (Å²) in [4.78, 5) is 13.5. The Hall–Kier alpha value is -2.32. The fourth-order valence-corrected chi connectivity index (χ4v) is 4.65. The number of nitrogens with zero attached hydrogens (tertiary/aromatic N) is 1. The second-order valence-corrected chi connectivity index (χ2v) is 8.09. The number of carbonyl (C=O) groups excluding carboxylic acids is 1. The molecule has 4 nitrogen and oxygen atoms in total. The smallest absolute Gasteiger partial charge is 0.225 e. The number of carbonyl (C=O) groups is 1. The summed E-state index contributed by atoms with van der Waals surface area (Å²) in [5.74, 6) is 1.42. The van der Waals surface area contributed by atoms with Crippen molar-refractivity contribution in [3.63, 3.8) is 0 Å². The second kappa shape index (κ2) is 8.37. The number of rotatable bonds is 6. The molecular weight excluding hydrogens is 344 g/mol. The van der Waals surface area contributed by atoms with E-state index in [4.69, 9.17) is 4.74 Å². The summed E-state index contributed by atoms with van der Waals surface area (Å²) in [6, 6.07) is 10.2. The third-order valence-corrected chi connectivity index (χ3v) is 5.85. The van der Waals surface area contributed by atoms with Crippen LogP contribution in [-0.4, -0.2) is 12.5 Å². The molecule has 0 spiro atoms. The standard InChI is InChI=1S/C21H24N2O2S/c1-14-5-3-6-16(11-14)25-10-4-7-20(24)23-21-18(13-22)17-9-8-15(2)12-19(17)26-21/h3,5-6,11,15H,4,7-10,12H2,1-2H3,(H,23,24)/t15-/m0/s1. The predicted molar refractivity (Wildman–Crippen MR) is 105 cm³/mol. The Morgan fingerprint density at radius 2 is 2.31 bits per heavy atom. The van der Waals surface area contributed by atoms with E-state index in [2.05, 4.69) is 18.3 Å². The molecule has 0 fully saturated rings. The van der Waals surface area contributed by atoms with Gasteiger partial charge in [-0.2, -0.15) is 5.26 Å². The quantitative estimate of drug-likeness (QED) is 0.741. The van der Waals surface area contributed by atoms with Crippen molar-refractivity contribution in [2.24, 2.45) is 5.92 Å². The van der Waals surface area contributed by atoms with Crippen molar-refractivity contribution in [1.29, 1.82) is 5.26 Å². The molecule has 1 aromatic heterocycles. The predicted octanol–water partition coefficient (Wildman–Crippen LogP) is 4.85. The van der Waals surface area contributed by atoms with Gasteiger partial charge in [-0.15, -0.1) is 11.3 Å². The summed E-state index contributed by atoms with van der Waals surface area (Å²) in [6.45, 7) is 4.76. The molecule has 3 rings (SSSR count). The van der Waals surface area contributed by atoms with Crippen molar-refractivity contribution >= 4 is 22.2 Å². The fourth-order valence-electron chi connectivity index (χ4n) is 3.27. The van der Waals surface area contributed by atoms with E-state index in [1.54, 1.807) is 11.3 Å². The van der Waals surface area contributed by atoms with Crippen LogP contribution in [0.4, 0.5) is 5.00 Å². The number of fused-ring (bicyclic) bond motifs is 1. The lowest BCUT2D eigenvalue weighted by atomic mass is 9.89. The average molecular weight is 369 g/mol. The zero-order valence-electron chi connectivity index (χ0n) is 15.3. The number of anilines is 1. The lowest BCUT2D eigenvalue weighted by Gasteiger charge is -2.17. The van der Waals surface area contributed by atoms with Crippen LogP contribution in [-0.2, 0) is 17.6 Å². The highest BCUT2D eigenvalue weighted by Gasteiger charge is 2.24. The van der Waals surface area contributed by atoms with Crippen molar-refractivity contribution in [3.05, 3.63) is 45.8 Å². The first-order chi connectivity index (χ1) is 12.6. The normalized spacial score (nSPS) is 15.8. The third kappa shape index (κ3) is 4.44. The Labute approximate surface area is 158 Å². The topological polar surface area (TPSA) is 62.1 Å². The van der Waals surface area contributed by atoms with Crippen LogP contribution >= 0.6 is 11.3 Å². The van der Waals surface area contributed by atoms with E-state index in [0.29, 0.717) is 30.9 Å². The molecular formula is C21H24N2O2S. The van der Waals surface area contributed by atoms with Gasteiger partial charge in [0.2, 0.25) is 5.91 Å². The molecule has 0 aliphatic heterocycles. The van der Waals surface area contributed by atoms with Crippen molar-refractivity contribution < 1.29 is 9.53 Å². The Balaban J connectivity index is 1.51. The maximum atomic E-state index is 12.3. The van der Waals surface area contributed by atoms with E-state index in [9.17, 15) is 10.1 Å². The fraction of sp³-hybridized carbons (Fsp3) is 0.429. The van der Waals surface area contributed by atoms with Crippen molar-refractivity contribution in [3.8, 4) is 11.8 Å². The highest BCUT2D eigenvalue weighted by molar-refractivity contribution is 7.16. The summed E-state index contributed by atoms with van der Waals surface area (Å²) < 4.78 is 5.68. The lowest BCUT2D eigenvalue weighted by Crippen LogP contribution is -2.13. The van der Waals surface area contributed by atoms with Crippen molar-refractivity contribution in [2.75, 3.05) is 11.9 Å². The van der Waals surface area contributed by atoms with E-state index in [1.807, 2.05) is 31.2 Å². The summed E-state index contributed by atoms with van der Waals surface area (Å²) in [7, 11) is 0. The Morgan fingerprint density at radius 1 is 1.46 bits per heavy atom. The van der Waals surface area contributed by atoms with E-state index >= 15 is 0 Å². The van der Waals surface area contributed by atoms with E-state index < -0.39 is 0 Å². The molecule has 1 N–H and O–H groups in total. The van der Waals surface area contributed by atoms with Crippen LogP contribution in [0.25, 0.3) is 0 Å². The molecule has 0 saturated carbocycles. The van der Waals surface area contributed by atoms with Crippen molar-refractivity contribution in [2.45, 2.75) is 46.0 Å². The first-order valence-corrected chi connectivity index (χ1v) is 9.92. The van der Waals surface area contributed by atoms with Gasteiger partial charge in [0, 0.05) is 11.3 Å². The molecule has 5 heteroatoms. The molecule has 2 aromatic rings. The summed E-state index contributed by atoms with van der Waals surface area (Å²) in [5.41, 5.74) is 2.97. The molecule has 26 heavy (non-hydrogen) atoms.